The maximum Gasteiger partial charge on any atom is 0.239 e. The predicted molar refractivity (Wildman–Crippen MR) is 90.6 cm³/mol. The van der Waals surface area contributed by atoms with E-state index in [1.54, 1.807) is 12.1 Å². The lowest BCUT2D eigenvalue weighted by Gasteiger charge is -2.15. The van der Waals surface area contributed by atoms with Crippen molar-refractivity contribution in [1.29, 1.82) is 0 Å². The van der Waals surface area contributed by atoms with E-state index in [4.69, 9.17) is 11.6 Å². The molecule has 110 valence electrons. The number of hydrogen-bond acceptors (Lipinski definition) is 2. The van der Waals surface area contributed by atoms with Crippen molar-refractivity contribution in [1.82, 2.24) is 5.32 Å². The van der Waals surface area contributed by atoms with Crippen molar-refractivity contribution in [3.05, 3.63) is 63.6 Å². The summed E-state index contributed by atoms with van der Waals surface area (Å²) < 4.78 is 1.02. The van der Waals surface area contributed by atoms with E-state index in [2.05, 4.69) is 26.6 Å². The predicted octanol–water partition coefficient (Wildman–Crippen LogP) is 4.39. The van der Waals surface area contributed by atoms with E-state index in [9.17, 15) is 4.79 Å². The summed E-state index contributed by atoms with van der Waals surface area (Å²) in [6.45, 7) is 2.19. The first kappa shape index (κ1) is 15.9. The van der Waals surface area contributed by atoms with E-state index in [1.165, 1.54) is 0 Å². The van der Waals surface area contributed by atoms with Gasteiger partial charge in [-0.1, -0.05) is 39.7 Å². The number of halogens is 2. The molecule has 2 aromatic rings. The molecule has 0 radical (unpaired) electrons. The second kappa shape index (κ2) is 7.48. The van der Waals surface area contributed by atoms with Gasteiger partial charge in [0.2, 0.25) is 5.91 Å². The van der Waals surface area contributed by atoms with E-state index in [1.807, 2.05) is 43.3 Å². The average Bonchev–Trinajstić information content (AvgIpc) is 2.47. The zero-order valence-corrected chi connectivity index (χ0v) is 13.9. The van der Waals surface area contributed by atoms with Crippen LogP contribution in [0.2, 0.25) is 5.02 Å². The van der Waals surface area contributed by atoms with Gasteiger partial charge in [-0.25, -0.2) is 0 Å². The minimum Gasteiger partial charge on any atom is -0.376 e. The molecule has 0 fully saturated rings. The summed E-state index contributed by atoms with van der Waals surface area (Å²) in [6, 6.07) is 15.1. The molecule has 2 rings (SSSR count). The number of hydrogen-bond donors (Lipinski definition) is 2. The SMILES string of the molecule is CC(NC(=O)CNc1ccc(Cl)cc1)c1ccc(Br)cc1. The van der Waals surface area contributed by atoms with Gasteiger partial charge in [0.05, 0.1) is 12.6 Å². The lowest BCUT2D eigenvalue weighted by atomic mass is 10.1. The lowest BCUT2D eigenvalue weighted by Crippen LogP contribution is -2.32. The van der Waals surface area contributed by atoms with Crippen molar-refractivity contribution in [3.63, 3.8) is 0 Å². The molecule has 5 heteroatoms. The van der Waals surface area contributed by atoms with Crippen LogP contribution in [0.5, 0.6) is 0 Å². The third-order valence-electron chi connectivity index (χ3n) is 3.04. The summed E-state index contributed by atoms with van der Waals surface area (Å²) in [7, 11) is 0. The first-order valence-corrected chi connectivity index (χ1v) is 7.76. The molecule has 0 aromatic heterocycles. The van der Waals surface area contributed by atoms with Crippen LogP contribution in [0.1, 0.15) is 18.5 Å². The second-order valence-corrected chi connectivity index (χ2v) is 6.05. The first-order chi connectivity index (χ1) is 10.0. The van der Waals surface area contributed by atoms with Gasteiger partial charge < -0.3 is 10.6 Å². The van der Waals surface area contributed by atoms with Gasteiger partial charge >= 0.3 is 0 Å². The highest BCUT2D eigenvalue weighted by Crippen LogP contribution is 2.16. The average molecular weight is 368 g/mol. The van der Waals surface area contributed by atoms with Gasteiger partial charge in [0.15, 0.2) is 0 Å². The molecule has 0 saturated carbocycles. The monoisotopic (exact) mass is 366 g/mol. The molecule has 0 saturated heterocycles. The molecule has 1 atom stereocenters. The van der Waals surface area contributed by atoms with E-state index in [0.29, 0.717) is 5.02 Å². The summed E-state index contributed by atoms with van der Waals surface area (Å²) in [4.78, 5) is 11.9. The van der Waals surface area contributed by atoms with Crippen LogP contribution in [-0.2, 0) is 4.79 Å². The number of anilines is 1. The second-order valence-electron chi connectivity index (χ2n) is 4.70. The highest BCUT2D eigenvalue weighted by Gasteiger charge is 2.09. The summed E-state index contributed by atoms with van der Waals surface area (Å²) in [5.41, 5.74) is 1.93. The fourth-order valence-corrected chi connectivity index (χ4v) is 2.27. The Hall–Kier alpha value is -1.52. The Morgan fingerprint density at radius 2 is 1.76 bits per heavy atom. The maximum absolute atomic E-state index is 11.9. The molecule has 0 heterocycles. The number of amides is 1. The third kappa shape index (κ3) is 5.06. The molecule has 0 spiro atoms. The number of rotatable bonds is 5. The van der Waals surface area contributed by atoms with Crippen molar-refractivity contribution in [2.24, 2.45) is 0 Å². The van der Waals surface area contributed by atoms with Crippen molar-refractivity contribution in [2.45, 2.75) is 13.0 Å². The smallest absolute Gasteiger partial charge is 0.239 e. The van der Waals surface area contributed by atoms with E-state index < -0.39 is 0 Å². The Balaban J connectivity index is 1.83. The molecule has 3 nitrogen and oxygen atoms in total. The van der Waals surface area contributed by atoms with Gasteiger partial charge in [-0.15, -0.1) is 0 Å². The minimum atomic E-state index is -0.0552. The summed E-state index contributed by atoms with van der Waals surface area (Å²) in [6.07, 6.45) is 0. The number of carbonyl (C=O) groups is 1. The lowest BCUT2D eigenvalue weighted by molar-refractivity contribution is -0.120. The van der Waals surface area contributed by atoms with Crippen LogP contribution in [0, 0.1) is 0 Å². The number of carbonyl (C=O) groups excluding carboxylic acids is 1. The molecular formula is C16H16BrClN2O. The maximum atomic E-state index is 11.9. The fraction of sp³-hybridized carbons (Fsp3) is 0.188. The van der Waals surface area contributed by atoms with Crippen LogP contribution in [0.15, 0.2) is 53.0 Å². The summed E-state index contributed by atoms with van der Waals surface area (Å²) in [5, 5.41) is 6.69. The van der Waals surface area contributed by atoms with Crippen LogP contribution in [0.3, 0.4) is 0 Å². The van der Waals surface area contributed by atoms with Crippen molar-refractivity contribution >= 4 is 39.1 Å². The zero-order valence-electron chi connectivity index (χ0n) is 11.6. The normalized spacial score (nSPS) is 11.8. The van der Waals surface area contributed by atoms with E-state index >= 15 is 0 Å². The molecule has 1 unspecified atom stereocenters. The van der Waals surface area contributed by atoms with E-state index in [0.717, 1.165) is 15.7 Å². The van der Waals surface area contributed by atoms with Crippen molar-refractivity contribution in [2.75, 3.05) is 11.9 Å². The first-order valence-electron chi connectivity index (χ1n) is 6.59. The standard InChI is InChI=1S/C16H16BrClN2O/c1-11(12-2-4-13(17)5-3-12)20-16(21)10-19-15-8-6-14(18)7-9-15/h2-9,11,19H,10H2,1H3,(H,20,21). The van der Waals surface area contributed by atoms with Crippen LogP contribution in [0.25, 0.3) is 0 Å². The third-order valence-corrected chi connectivity index (χ3v) is 3.83. The Morgan fingerprint density at radius 3 is 2.38 bits per heavy atom. The number of benzene rings is 2. The highest BCUT2D eigenvalue weighted by molar-refractivity contribution is 9.10. The van der Waals surface area contributed by atoms with Gasteiger partial charge in [-0.3, -0.25) is 4.79 Å². The number of nitrogens with one attached hydrogen (secondary N) is 2. The van der Waals surface area contributed by atoms with Crippen LogP contribution in [0.4, 0.5) is 5.69 Å². The minimum absolute atomic E-state index is 0.0300. The largest absolute Gasteiger partial charge is 0.376 e. The zero-order chi connectivity index (χ0) is 15.2. The Morgan fingerprint density at radius 1 is 1.14 bits per heavy atom. The van der Waals surface area contributed by atoms with E-state index in [-0.39, 0.29) is 18.5 Å². The van der Waals surface area contributed by atoms with Crippen LogP contribution in [-0.4, -0.2) is 12.5 Å². The van der Waals surface area contributed by atoms with Crippen molar-refractivity contribution < 1.29 is 4.79 Å². The molecule has 2 N–H and O–H groups in total. The van der Waals surface area contributed by atoms with Gasteiger partial charge in [0.1, 0.15) is 0 Å². The molecule has 0 bridgehead atoms. The Labute approximate surface area is 137 Å². The summed E-state index contributed by atoms with van der Waals surface area (Å²) >= 11 is 9.21. The molecule has 2 aromatic carbocycles. The highest BCUT2D eigenvalue weighted by atomic mass is 79.9. The van der Waals surface area contributed by atoms with Gasteiger partial charge in [0, 0.05) is 15.2 Å². The molecule has 0 aliphatic heterocycles. The summed E-state index contributed by atoms with van der Waals surface area (Å²) in [5.74, 6) is -0.0552. The van der Waals surface area contributed by atoms with Gasteiger partial charge in [0.25, 0.3) is 0 Å². The van der Waals surface area contributed by atoms with Gasteiger partial charge in [-0.05, 0) is 48.9 Å². The molecular weight excluding hydrogens is 352 g/mol. The topological polar surface area (TPSA) is 41.1 Å². The van der Waals surface area contributed by atoms with Crippen LogP contribution >= 0.6 is 27.5 Å². The van der Waals surface area contributed by atoms with Gasteiger partial charge in [-0.2, -0.15) is 0 Å². The van der Waals surface area contributed by atoms with Crippen molar-refractivity contribution in [3.8, 4) is 0 Å². The molecule has 0 aliphatic carbocycles. The molecule has 21 heavy (non-hydrogen) atoms. The van der Waals surface area contributed by atoms with Crippen LogP contribution < -0.4 is 10.6 Å². The Kier molecular flexibility index (Phi) is 5.65. The fourth-order valence-electron chi connectivity index (χ4n) is 1.88. The molecule has 1 amide bonds. The molecule has 0 aliphatic rings. The Bertz CT molecular complexity index is 599. The quantitative estimate of drug-likeness (QED) is 0.823.